The molecule has 0 spiro atoms. The molecule has 0 aromatic heterocycles. The number of rotatable bonds is 5. The Morgan fingerprint density at radius 3 is 2.19 bits per heavy atom. The van der Waals surface area contributed by atoms with Gasteiger partial charge in [0.2, 0.25) is 5.75 Å². The van der Waals surface area contributed by atoms with Crippen molar-refractivity contribution in [1.82, 2.24) is 0 Å². The van der Waals surface area contributed by atoms with E-state index in [1.807, 2.05) is 30.3 Å². The first-order valence-corrected chi connectivity index (χ1v) is 9.70. The lowest BCUT2D eigenvalue weighted by Gasteiger charge is -2.33. The molecule has 0 fully saturated rings. The molecule has 2 atom stereocenters. The highest BCUT2D eigenvalue weighted by atomic mass is 16.5. The number of carbonyl (C=O) groups is 2. The maximum absolute atomic E-state index is 13.1. The van der Waals surface area contributed by atoms with Crippen LogP contribution >= 0.6 is 0 Å². The largest absolute Gasteiger partial charge is 0.493 e. The van der Waals surface area contributed by atoms with Crippen molar-refractivity contribution < 1.29 is 28.9 Å². The fourth-order valence-electron chi connectivity index (χ4n) is 4.44. The molecule has 0 unspecified atom stereocenters. The predicted molar refractivity (Wildman–Crippen MR) is 116 cm³/mol. The third-order valence-electron chi connectivity index (χ3n) is 5.84. The first-order chi connectivity index (χ1) is 14.9. The van der Waals surface area contributed by atoms with Crippen LogP contribution in [0.15, 0.2) is 60.7 Å². The molecule has 3 aromatic carbocycles. The fourth-order valence-corrected chi connectivity index (χ4v) is 4.44. The molecule has 0 heterocycles. The van der Waals surface area contributed by atoms with Gasteiger partial charge in [-0.2, -0.15) is 0 Å². The number of hydrogen-bond donors (Lipinski definition) is 1. The van der Waals surface area contributed by atoms with Crippen molar-refractivity contribution in [2.24, 2.45) is 5.92 Å². The standard InChI is InChI=1S/C25H22O6/c1-13-20(25(27)28)21(15-11-18(29-2)24(31-4)19(12-15)30-3)22-16-8-6-5-7-14(16)9-10-17(22)23(13)26/h5-12,20-21H,1H2,2-4H3,(H,27,28)/t20-,21+/m1/s1. The number of ether oxygens (including phenoxy) is 3. The zero-order valence-corrected chi connectivity index (χ0v) is 17.5. The Balaban J connectivity index is 2.10. The van der Waals surface area contributed by atoms with Gasteiger partial charge >= 0.3 is 5.97 Å². The van der Waals surface area contributed by atoms with E-state index in [9.17, 15) is 14.7 Å². The van der Waals surface area contributed by atoms with Crippen LogP contribution in [0.1, 0.15) is 27.4 Å². The summed E-state index contributed by atoms with van der Waals surface area (Å²) in [5.74, 6) is -2.04. The normalized spacial score (nSPS) is 17.9. The second kappa shape index (κ2) is 7.80. The Morgan fingerprint density at radius 2 is 1.61 bits per heavy atom. The Hall–Kier alpha value is -3.80. The zero-order valence-electron chi connectivity index (χ0n) is 17.5. The highest BCUT2D eigenvalue weighted by Crippen LogP contribution is 2.49. The molecule has 158 valence electrons. The SMILES string of the molecule is C=C1C(=O)c2ccc3ccccc3c2[C@@H](c2cc(OC)c(OC)c(OC)c2)[C@@H]1C(=O)O. The van der Waals surface area contributed by atoms with E-state index >= 15 is 0 Å². The lowest BCUT2D eigenvalue weighted by molar-refractivity contribution is -0.140. The maximum Gasteiger partial charge on any atom is 0.312 e. The number of hydrogen-bond acceptors (Lipinski definition) is 5. The summed E-state index contributed by atoms with van der Waals surface area (Å²) in [6.07, 6.45) is 0. The first kappa shape index (κ1) is 20.5. The summed E-state index contributed by atoms with van der Waals surface area (Å²) in [4.78, 5) is 25.4. The van der Waals surface area contributed by atoms with Crippen LogP contribution in [0.2, 0.25) is 0 Å². The number of fused-ring (bicyclic) bond motifs is 3. The van der Waals surface area contributed by atoms with E-state index in [1.54, 1.807) is 18.2 Å². The van der Waals surface area contributed by atoms with Crippen LogP contribution < -0.4 is 14.2 Å². The Labute approximate surface area is 179 Å². The van der Waals surface area contributed by atoms with Gasteiger partial charge in [-0.25, -0.2) is 0 Å². The lowest BCUT2D eigenvalue weighted by atomic mass is 9.68. The van der Waals surface area contributed by atoms with Crippen LogP contribution in [0.25, 0.3) is 10.8 Å². The number of carbonyl (C=O) groups excluding carboxylic acids is 1. The molecular formula is C25H22O6. The van der Waals surface area contributed by atoms with Gasteiger partial charge in [-0.05, 0) is 34.0 Å². The molecule has 1 aliphatic rings. The van der Waals surface area contributed by atoms with Gasteiger partial charge in [0.15, 0.2) is 17.3 Å². The van der Waals surface area contributed by atoms with Crippen molar-refractivity contribution in [3.8, 4) is 17.2 Å². The minimum Gasteiger partial charge on any atom is -0.493 e. The number of carboxylic acid groups (broad SMARTS) is 1. The molecule has 4 rings (SSSR count). The van der Waals surface area contributed by atoms with E-state index in [2.05, 4.69) is 6.58 Å². The molecule has 0 amide bonds. The fraction of sp³-hybridized carbons (Fsp3) is 0.200. The van der Waals surface area contributed by atoms with E-state index in [1.165, 1.54) is 21.3 Å². The van der Waals surface area contributed by atoms with Gasteiger partial charge in [0.1, 0.15) is 0 Å². The van der Waals surface area contributed by atoms with Gasteiger partial charge in [-0.15, -0.1) is 0 Å². The third kappa shape index (κ3) is 3.11. The van der Waals surface area contributed by atoms with Crippen molar-refractivity contribution in [2.75, 3.05) is 21.3 Å². The van der Waals surface area contributed by atoms with Crippen molar-refractivity contribution in [3.63, 3.8) is 0 Å². The summed E-state index contributed by atoms with van der Waals surface area (Å²) in [6.45, 7) is 3.85. The summed E-state index contributed by atoms with van der Waals surface area (Å²) in [6, 6.07) is 14.7. The average molecular weight is 418 g/mol. The number of aliphatic carboxylic acids is 1. The number of carboxylic acids is 1. The van der Waals surface area contributed by atoms with Crippen LogP contribution in [-0.2, 0) is 4.79 Å². The lowest BCUT2D eigenvalue weighted by Crippen LogP contribution is -2.33. The summed E-state index contributed by atoms with van der Waals surface area (Å²) >= 11 is 0. The van der Waals surface area contributed by atoms with Gasteiger partial charge in [0.25, 0.3) is 0 Å². The predicted octanol–water partition coefficient (Wildman–Crippen LogP) is 4.45. The van der Waals surface area contributed by atoms with Crippen molar-refractivity contribution in [2.45, 2.75) is 5.92 Å². The van der Waals surface area contributed by atoms with E-state index < -0.39 is 17.8 Å². The zero-order chi connectivity index (χ0) is 22.3. The highest BCUT2D eigenvalue weighted by Gasteiger charge is 2.43. The molecule has 1 N–H and O–H groups in total. The van der Waals surface area contributed by atoms with Crippen LogP contribution in [0.3, 0.4) is 0 Å². The molecule has 0 saturated carbocycles. The summed E-state index contributed by atoms with van der Waals surface area (Å²) in [5.41, 5.74) is 1.80. The topological polar surface area (TPSA) is 82.1 Å². The monoisotopic (exact) mass is 418 g/mol. The first-order valence-electron chi connectivity index (χ1n) is 9.70. The van der Waals surface area contributed by atoms with Gasteiger partial charge in [-0.3, -0.25) is 9.59 Å². The summed E-state index contributed by atoms with van der Waals surface area (Å²) < 4.78 is 16.4. The quantitative estimate of drug-likeness (QED) is 0.617. The van der Waals surface area contributed by atoms with Gasteiger partial charge in [0, 0.05) is 17.1 Å². The van der Waals surface area contributed by atoms with Crippen LogP contribution in [0.5, 0.6) is 17.2 Å². The molecular weight excluding hydrogens is 396 g/mol. The molecule has 6 heteroatoms. The van der Waals surface area contributed by atoms with Crippen molar-refractivity contribution >= 4 is 22.5 Å². The molecule has 3 aromatic rings. The third-order valence-corrected chi connectivity index (χ3v) is 5.84. The van der Waals surface area contributed by atoms with E-state index in [4.69, 9.17) is 14.2 Å². The number of ketones is 1. The van der Waals surface area contributed by atoms with Crippen molar-refractivity contribution in [1.29, 1.82) is 0 Å². The van der Waals surface area contributed by atoms with Crippen LogP contribution in [0, 0.1) is 5.92 Å². The number of benzene rings is 3. The smallest absolute Gasteiger partial charge is 0.312 e. The molecule has 31 heavy (non-hydrogen) atoms. The second-order valence-electron chi connectivity index (χ2n) is 7.35. The van der Waals surface area contributed by atoms with Gasteiger partial charge < -0.3 is 19.3 Å². The summed E-state index contributed by atoms with van der Waals surface area (Å²) in [7, 11) is 4.51. The Morgan fingerprint density at radius 1 is 0.968 bits per heavy atom. The average Bonchev–Trinajstić information content (AvgIpc) is 2.79. The van der Waals surface area contributed by atoms with E-state index in [0.717, 1.165) is 10.8 Å². The molecule has 0 radical (unpaired) electrons. The van der Waals surface area contributed by atoms with Crippen LogP contribution in [0.4, 0.5) is 0 Å². The molecule has 1 aliphatic carbocycles. The minimum absolute atomic E-state index is 0.0500. The van der Waals surface area contributed by atoms with Gasteiger partial charge in [-0.1, -0.05) is 43.0 Å². The molecule has 0 saturated heterocycles. The minimum atomic E-state index is -1.13. The highest BCUT2D eigenvalue weighted by molar-refractivity contribution is 6.16. The van der Waals surface area contributed by atoms with Gasteiger partial charge in [0.05, 0.1) is 27.2 Å². The Bertz CT molecular complexity index is 1200. The van der Waals surface area contributed by atoms with E-state index in [0.29, 0.717) is 33.9 Å². The van der Waals surface area contributed by atoms with Crippen LogP contribution in [-0.4, -0.2) is 38.2 Å². The number of Topliss-reactive ketones (excluding diaryl/α,β-unsaturated/α-hetero) is 1. The Kier molecular flexibility index (Phi) is 5.15. The van der Waals surface area contributed by atoms with E-state index in [-0.39, 0.29) is 11.4 Å². The summed E-state index contributed by atoms with van der Waals surface area (Å²) in [5, 5.41) is 11.9. The maximum atomic E-state index is 13.1. The molecule has 6 nitrogen and oxygen atoms in total. The number of methoxy groups -OCH3 is 3. The molecule has 0 aliphatic heterocycles. The van der Waals surface area contributed by atoms with Crippen molar-refractivity contribution in [3.05, 3.63) is 77.4 Å². The second-order valence-corrected chi connectivity index (χ2v) is 7.35. The molecule has 0 bridgehead atoms.